The Morgan fingerprint density at radius 1 is 1.41 bits per heavy atom. The monoisotopic (exact) mass is 248 g/mol. The van der Waals surface area contributed by atoms with Crippen LogP contribution >= 0.6 is 11.3 Å². The predicted molar refractivity (Wildman–Crippen MR) is 72.5 cm³/mol. The van der Waals surface area contributed by atoms with Gasteiger partial charge < -0.3 is 10.6 Å². The molecular weight excluding hydrogens is 232 g/mol. The van der Waals surface area contributed by atoms with E-state index in [9.17, 15) is 0 Å². The van der Waals surface area contributed by atoms with Gasteiger partial charge in [0, 0.05) is 12.6 Å². The molecule has 0 radical (unpaired) electrons. The molecule has 1 aliphatic heterocycles. The van der Waals surface area contributed by atoms with Gasteiger partial charge in [-0.25, -0.2) is 4.98 Å². The van der Waals surface area contributed by atoms with Gasteiger partial charge in [-0.1, -0.05) is 0 Å². The van der Waals surface area contributed by atoms with Crippen LogP contribution in [0.1, 0.15) is 26.2 Å². The second kappa shape index (κ2) is 4.14. The number of aromatic nitrogens is 2. The van der Waals surface area contributed by atoms with Crippen molar-refractivity contribution in [3.63, 3.8) is 0 Å². The summed E-state index contributed by atoms with van der Waals surface area (Å²) in [7, 11) is 0. The lowest BCUT2D eigenvalue weighted by atomic mass is 10.0. The molecule has 1 fully saturated rings. The first-order chi connectivity index (χ1) is 8.25. The summed E-state index contributed by atoms with van der Waals surface area (Å²) in [5.41, 5.74) is 6.76. The molecule has 1 atom stereocenters. The van der Waals surface area contributed by atoms with Gasteiger partial charge in [-0.15, -0.1) is 11.3 Å². The highest BCUT2D eigenvalue weighted by Crippen LogP contribution is 2.32. The summed E-state index contributed by atoms with van der Waals surface area (Å²) in [5.74, 6) is 1.40. The first-order valence-corrected chi connectivity index (χ1v) is 6.91. The molecule has 3 heterocycles. The maximum absolute atomic E-state index is 5.79. The van der Waals surface area contributed by atoms with Crippen LogP contribution in [0.15, 0.2) is 11.4 Å². The number of rotatable bonds is 1. The second-order valence-electron chi connectivity index (χ2n) is 4.58. The molecule has 2 aromatic heterocycles. The van der Waals surface area contributed by atoms with E-state index in [1.54, 1.807) is 11.3 Å². The number of nitrogens with zero attached hydrogens (tertiary/aromatic N) is 3. The van der Waals surface area contributed by atoms with Crippen LogP contribution in [0.25, 0.3) is 10.2 Å². The van der Waals surface area contributed by atoms with E-state index in [0.717, 1.165) is 22.6 Å². The van der Waals surface area contributed by atoms with Crippen LogP contribution in [0.2, 0.25) is 0 Å². The van der Waals surface area contributed by atoms with Crippen molar-refractivity contribution < 1.29 is 0 Å². The molecule has 3 rings (SSSR count). The van der Waals surface area contributed by atoms with Crippen molar-refractivity contribution in [1.29, 1.82) is 0 Å². The van der Waals surface area contributed by atoms with Crippen LogP contribution in [0.3, 0.4) is 0 Å². The molecule has 1 unspecified atom stereocenters. The Balaban J connectivity index is 2.11. The van der Waals surface area contributed by atoms with Gasteiger partial charge in [0.2, 0.25) is 5.95 Å². The van der Waals surface area contributed by atoms with E-state index in [-0.39, 0.29) is 0 Å². The number of anilines is 2. The van der Waals surface area contributed by atoms with Gasteiger partial charge in [0.25, 0.3) is 0 Å². The standard InChI is InChI=1S/C12H16N4S/c1-8-4-2-3-6-16(8)11-10-9(5-7-17-10)14-12(13)15-11/h5,7-8H,2-4,6H2,1H3,(H2,13,14,15). The maximum Gasteiger partial charge on any atom is 0.222 e. The van der Waals surface area contributed by atoms with Crippen molar-refractivity contribution in [3.05, 3.63) is 11.4 Å². The van der Waals surface area contributed by atoms with Gasteiger partial charge in [0.05, 0.1) is 10.2 Å². The highest BCUT2D eigenvalue weighted by Gasteiger charge is 2.22. The number of thiophene rings is 1. The molecular formula is C12H16N4S. The maximum atomic E-state index is 5.79. The van der Waals surface area contributed by atoms with Gasteiger partial charge in [-0.05, 0) is 37.6 Å². The van der Waals surface area contributed by atoms with Gasteiger partial charge in [0.1, 0.15) is 0 Å². The molecule has 0 amide bonds. The SMILES string of the molecule is CC1CCCCN1c1nc(N)nc2ccsc12. The molecule has 4 nitrogen and oxygen atoms in total. The summed E-state index contributed by atoms with van der Waals surface area (Å²) in [6, 6.07) is 2.55. The Hall–Kier alpha value is -1.36. The van der Waals surface area contributed by atoms with E-state index in [4.69, 9.17) is 5.73 Å². The first kappa shape index (κ1) is 10.8. The van der Waals surface area contributed by atoms with Crippen molar-refractivity contribution in [2.45, 2.75) is 32.2 Å². The fourth-order valence-electron chi connectivity index (χ4n) is 2.47. The average Bonchev–Trinajstić information content (AvgIpc) is 2.76. The van der Waals surface area contributed by atoms with E-state index in [0.29, 0.717) is 12.0 Å². The smallest absolute Gasteiger partial charge is 0.222 e. The molecule has 90 valence electrons. The Labute approximate surface area is 104 Å². The lowest BCUT2D eigenvalue weighted by Gasteiger charge is -2.34. The molecule has 17 heavy (non-hydrogen) atoms. The number of nitrogens with two attached hydrogens (primary N) is 1. The molecule has 0 spiro atoms. The Kier molecular flexibility index (Phi) is 2.63. The van der Waals surface area contributed by atoms with E-state index in [1.165, 1.54) is 19.3 Å². The molecule has 1 saturated heterocycles. The van der Waals surface area contributed by atoms with Crippen molar-refractivity contribution in [2.75, 3.05) is 17.2 Å². The van der Waals surface area contributed by atoms with Crippen LogP contribution < -0.4 is 10.6 Å². The van der Waals surface area contributed by atoms with Crippen molar-refractivity contribution in [1.82, 2.24) is 9.97 Å². The molecule has 2 aromatic rings. The summed E-state index contributed by atoms with van der Waals surface area (Å²) in [6.45, 7) is 3.33. The average molecular weight is 248 g/mol. The van der Waals surface area contributed by atoms with Crippen LogP contribution in [0.5, 0.6) is 0 Å². The van der Waals surface area contributed by atoms with E-state index in [2.05, 4.69) is 27.2 Å². The Bertz CT molecular complexity index is 536. The van der Waals surface area contributed by atoms with Crippen molar-refractivity contribution in [3.8, 4) is 0 Å². The van der Waals surface area contributed by atoms with Crippen LogP contribution in [-0.4, -0.2) is 22.6 Å². The quantitative estimate of drug-likeness (QED) is 0.843. The minimum atomic E-state index is 0.378. The highest BCUT2D eigenvalue weighted by molar-refractivity contribution is 7.17. The Morgan fingerprint density at radius 2 is 2.29 bits per heavy atom. The molecule has 0 saturated carbocycles. The summed E-state index contributed by atoms with van der Waals surface area (Å²) >= 11 is 1.70. The molecule has 0 aromatic carbocycles. The summed E-state index contributed by atoms with van der Waals surface area (Å²) in [4.78, 5) is 11.1. The van der Waals surface area contributed by atoms with Gasteiger partial charge in [-0.2, -0.15) is 4.98 Å². The van der Waals surface area contributed by atoms with Crippen LogP contribution in [0, 0.1) is 0 Å². The minimum absolute atomic E-state index is 0.378. The van der Waals surface area contributed by atoms with Gasteiger partial charge in [-0.3, -0.25) is 0 Å². The lowest BCUT2D eigenvalue weighted by molar-refractivity contribution is 0.482. The molecule has 5 heteroatoms. The lowest BCUT2D eigenvalue weighted by Crippen LogP contribution is -2.38. The molecule has 0 aliphatic carbocycles. The van der Waals surface area contributed by atoms with Crippen LogP contribution in [-0.2, 0) is 0 Å². The largest absolute Gasteiger partial charge is 0.368 e. The molecule has 2 N–H and O–H groups in total. The Morgan fingerprint density at radius 3 is 3.12 bits per heavy atom. The van der Waals surface area contributed by atoms with Crippen molar-refractivity contribution >= 4 is 33.3 Å². The molecule has 0 bridgehead atoms. The number of fused-ring (bicyclic) bond motifs is 1. The van der Waals surface area contributed by atoms with Crippen LogP contribution in [0.4, 0.5) is 11.8 Å². The third-order valence-corrected chi connectivity index (χ3v) is 4.28. The van der Waals surface area contributed by atoms with E-state index >= 15 is 0 Å². The number of nitrogen functional groups attached to an aromatic ring is 1. The van der Waals surface area contributed by atoms with Crippen molar-refractivity contribution in [2.24, 2.45) is 0 Å². The molecule has 1 aliphatic rings. The number of piperidine rings is 1. The summed E-state index contributed by atoms with van der Waals surface area (Å²) in [6.07, 6.45) is 3.78. The third-order valence-electron chi connectivity index (χ3n) is 3.38. The highest BCUT2D eigenvalue weighted by atomic mass is 32.1. The fourth-order valence-corrected chi connectivity index (χ4v) is 3.31. The van der Waals surface area contributed by atoms with Gasteiger partial charge in [0.15, 0.2) is 5.82 Å². The van der Waals surface area contributed by atoms with Gasteiger partial charge >= 0.3 is 0 Å². The number of hydrogen-bond donors (Lipinski definition) is 1. The van der Waals surface area contributed by atoms with E-state index < -0.39 is 0 Å². The minimum Gasteiger partial charge on any atom is -0.368 e. The van der Waals surface area contributed by atoms with E-state index in [1.807, 2.05) is 6.07 Å². The zero-order chi connectivity index (χ0) is 11.8. The number of hydrogen-bond acceptors (Lipinski definition) is 5. The topological polar surface area (TPSA) is 55.0 Å². The normalized spacial score (nSPS) is 21.0. The summed E-state index contributed by atoms with van der Waals surface area (Å²) in [5, 5.41) is 2.05. The zero-order valence-corrected chi connectivity index (χ0v) is 10.7. The fraction of sp³-hybridized carbons (Fsp3) is 0.500. The second-order valence-corrected chi connectivity index (χ2v) is 5.49. The first-order valence-electron chi connectivity index (χ1n) is 6.03. The third kappa shape index (κ3) is 1.84. The predicted octanol–water partition coefficient (Wildman–Crippen LogP) is 2.65. The zero-order valence-electron chi connectivity index (χ0n) is 9.89. The summed E-state index contributed by atoms with van der Waals surface area (Å²) < 4.78 is 1.16.